The Labute approximate surface area is 181 Å². The van der Waals surface area contributed by atoms with Gasteiger partial charge in [-0.1, -0.05) is 55.3 Å². The Morgan fingerprint density at radius 3 is 2.67 bits per heavy atom. The summed E-state index contributed by atoms with van der Waals surface area (Å²) in [7, 11) is 0. The summed E-state index contributed by atoms with van der Waals surface area (Å²) < 4.78 is 5.37. The van der Waals surface area contributed by atoms with Crippen LogP contribution in [0.15, 0.2) is 48.5 Å². The summed E-state index contributed by atoms with van der Waals surface area (Å²) in [4.78, 5) is 29.9. The minimum absolute atomic E-state index is 0.0409. The van der Waals surface area contributed by atoms with Crippen molar-refractivity contribution in [1.29, 1.82) is 0 Å². The van der Waals surface area contributed by atoms with Crippen LogP contribution < -0.4 is 5.32 Å². The fourth-order valence-corrected chi connectivity index (χ4v) is 3.70. The predicted molar refractivity (Wildman–Crippen MR) is 120 cm³/mol. The lowest BCUT2D eigenvalue weighted by Gasteiger charge is -2.15. The summed E-state index contributed by atoms with van der Waals surface area (Å²) in [5, 5.41) is 4.11. The highest BCUT2D eigenvalue weighted by atomic mass is 35.5. The van der Waals surface area contributed by atoms with Crippen molar-refractivity contribution in [2.75, 3.05) is 6.61 Å². The van der Waals surface area contributed by atoms with E-state index < -0.39 is 5.97 Å². The van der Waals surface area contributed by atoms with Gasteiger partial charge in [0.05, 0.1) is 16.8 Å². The third-order valence-electron chi connectivity index (χ3n) is 4.90. The number of pyridine rings is 1. The van der Waals surface area contributed by atoms with Gasteiger partial charge in [-0.25, -0.2) is 9.78 Å². The zero-order valence-electron chi connectivity index (χ0n) is 17.4. The van der Waals surface area contributed by atoms with E-state index in [4.69, 9.17) is 21.3 Å². The molecule has 1 amide bonds. The molecule has 0 fully saturated rings. The fraction of sp³-hybridized carbons (Fsp3) is 0.292. The van der Waals surface area contributed by atoms with E-state index in [0.717, 1.165) is 18.4 Å². The van der Waals surface area contributed by atoms with Gasteiger partial charge in [0, 0.05) is 22.0 Å². The second kappa shape index (κ2) is 9.72. The molecule has 3 rings (SSSR count). The van der Waals surface area contributed by atoms with Crippen LogP contribution in [-0.2, 0) is 9.53 Å². The normalized spacial score (nSPS) is 11.9. The van der Waals surface area contributed by atoms with E-state index in [1.165, 1.54) is 0 Å². The van der Waals surface area contributed by atoms with Gasteiger partial charge in [-0.05, 0) is 44.0 Å². The zero-order chi connectivity index (χ0) is 21.7. The number of halogens is 1. The van der Waals surface area contributed by atoms with E-state index >= 15 is 0 Å². The number of ether oxygens (including phenoxy) is 1. The van der Waals surface area contributed by atoms with Crippen LogP contribution in [0.2, 0.25) is 5.02 Å². The topological polar surface area (TPSA) is 68.3 Å². The molecule has 0 aliphatic carbocycles. The quantitative estimate of drug-likeness (QED) is 0.521. The smallest absolute Gasteiger partial charge is 0.339 e. The molecule has 30 heavy (non-hydrogen) atoms. The first-order chi connectivity index (χ1) is 14.4. The van der Waals surface area contributed by atoms with Gasteiger partial charge in [-0.2, -0.15) is 0 Å². The molecule has 1 atom stereocenters. The molecule has 1 N–H and O–H groups in total. The Bertz CT molecular complexity index is 1080. The summed E-state index contributed by atoms with van der Waals surface area (Å²) in [5.41, 5.74) is 3.23. The maximum atomic E-state index is 13.0. The van der Waals surface area contributed by atoms with E-state index in [-0.39, 0.29) is 18.6 Å². The zero-order valence-corrected chi connectivity index (χ0v) is 18.1. The Hall–Kier alpha value is -2.92. The number of amides is 1. The lowest BCUT2D eigenvalue weighted by Crippen LogP contribution is -2.35. The number of nitrogens with one attached hydrogen (secondary N) is 1. The Morgan fingerprint density at radius 2 is 1.93 bits per heavy atom. The van der Waals surface area contributed by atoms with Crippen molar-refractivity contribution in [2.45, 2.75) is 39.7 Å². The first kappa shape index (κ1) is 21.8. The van der Waals surface area contributed by atoms with Gasteiger partial charge in [-0.3, -0.25) is 4.79 Å². The van der Waals surface area contributed by atoms with Crippen LogP contribution in [0.4, 0.5) is 0 Å². The molecule has 1 aromatic heterocycles. The number of fused-ring (bicyclic) bond motifs is 1. The average molecular weight is 425 g/mol. The summed E-state index contributed by atoms with van der Waals surface area (Å²) in [5.74, 6) is -0.858. The molecule has 0 unspecified atom stereocenters. The van der Waals surface area contributed by atoms with Crippen molar-refractivity contribution in [3.05, 3.63) is 64.7 Å². The largest absolute Gasteiger partial charge is 0.452 e. The second-order valence-electron chi connectivity index (χ2n) is 7.32. The molecular weight excluding hydrogens is 400 g/mol. The molecule has 0 bridgehead atoms. The maximum absolute atomic E-state index is 13.0. The molecule has 0 saturated heterocycles. The van der Waals surface area contributed by atoms with Gasteiger partial charge in [-0.15, -0.1) is 0 Å². The van der Waals surface area contributed by atoms with E-state index in [1.54, 1.807) is 6.07 Å². The summed E-state index contributed by atoms with van der Waals surface area (Å²) in [6.07, 6.45) is 1.84. The molecule has 6 heteroatoms. The van der Waals surface area contributed by atoms with E-state index in [1.807, 2.05) is 56.3 Å². The number of carbonyl (C=O) groups excluding carboxylic acids is 2. The highest BCUT2D eigenvalue weighted by Gasteiger charge is 2.21. The number of rotatable bonds is 7. The van der Waals surface area contributed by atoms with Crippen LogP contribution >= 0.6 is 11.6 Å². The second-order valence-corrected chi connectivity index (χ2v) is 7.76. The molecule has 0 saturated carbocycles. The van der Waals surface area contributed by atoms with Crippen molar-refractivity contribution >= 4 is 34.4 Å². The van der Waals surface area contributed by atoms with Crippen LogP contribution in [0.5, 0.6) is 0 Å². The van der Waals surface area contributed by atoms with Crippen LogP contribution in [0.25, 0.3) is 22.2 Å². The van der Waals surface area contributed by atoms with E-state index in [2.05, 4.69) is 12.2 Å². The molecule has 0 radical (unpaired) electrons. The third-order valence-corrected chi connectivity index (χ3v) is 5.14. The Balaban J connectivity index is 1.93. The molecule has 1 heterocycles. The van der Waals surface area contributed by atoms with Crippen molar-refractivity contribution in [1.82, 2.24) is 10.3 Å². The predicted octanol–water partition coefficient (Wildman–Crippen LogP) is 5.33. The lowest BCUT2D eigenvalue weighted by molar-refractivity contribution is -0.124. The SMILES string of the molecule is CCC[C@@H](C)NC(=O)COC(=O)c1c(C)c(-c2cccc(Cl)c2)nc2ccccc12. The first-order valence-corrected chi connectivity index (χ1v) is 10.4. The molecule has 0 aliphatic rings. The van der Waals surface area contributed by atoms with Crippen LogP contribution in [0, 0.1) is 6.92 Å². The van der Waals surface area contributed by atoms with E-state index in [0.29, 0.717) is 32.7 Å². The van der Waals surface area contributed by atoms with Crippen molar-refractivity contribution in [3.63, 3.8) is 0 Å². The minimum atomic E-state index is -0.548. The molecule has 2 aromatic carbocycles. The number of aromatic nitrogens is 1. The summed E-state index contributed by atoms with van der Waals surface area (Å²) in [6.45, 7) is 5.49. The highest BCUT2D eigenvalue weighted by molar-refractivity contribution is 6.30. The van der Waals surface area contributed by atoms with E-state index in [9.17, 15) is 9.59 Å². The number of esters is 1. The van der Waals surface area contributed by atoms with Gasteiger partial charge in [0.1, 0.15) is 0 Å². The number of carbonyl (C=O) groups is 2. The van der Waals surface area contributed by atoms with Crippen LogP contribution in [-0.4, -0.2) is 29.5 Å². The molecule has 0 aliphatic heterocycles. The van der Waals surface area contributed by atoms with Crippen LogP contribution in [0.1, 0.15) is 42.6 Å². The van der Waals surface area contributed by atoms with Crippen molar-refractivity contribution in [3.8, 4) is 11.3 Å². The number of nitrogens with zero attached hydrogens (tertiary/aromatic N) is 1. The standard InChI is InChI=1S/C24H25ClN2O3/c1-4-8-15(2)26-21(28)14-30-24(29)22-16(3)23(17-9-7-10-18(25)13-17)27-20-12-6-5-11-19(20)22/h5-7,9-13,15H,4,8,14H2,1-3H3,(H,26,28)/t15-/m1/s1. The third kappa shape index (κ3) is 4.97. The molecule has 3 aromatic rings. The number of hydrogen-bond acceptors (Lipinski definition) is 4. The molecular formula is C24H25ClN2O3. The molecule has 5 nitrogen and oxygen atoms in total. The minimum Gasteiger partial charge on any atom is -0.452 e. The Kier molecular flexibility index (Phi) is 7.06. The maximum Gasteiger partial charge on any atom is 0.339 e. The van der Waals surface area contributed by atoms with Gasteiger partial charge in [0.15, 0.2) is 6.61 Å². The highest BCUT2D eigenvalue weighted by Crippen LogP contribution is 2.31. The summed E-state index contributed by atoms with van der Waals surface area (Å²) >= 11 is 6.15. The number of para-hydroxylation sites is 1. The van der Waals surface area contributed by atoms with Gasteiger partial charge in [0.25, 0.3) is 5.91 Å². The summed E-state index contributed by atoms with van der Waals surface area (Å²) in [6, 6.07) is 14.8. The molecule has 0 spiro atoms. The fourth-order valence-electron chi connectivity index (χ4n) is 3.51. The van der Waals surface area contributed by atoms with Crippen LogP contribution in [0.3, 0.4) is 0 Å². The molecule has 156 valence electrons. The average Bonchev–Trinajstić information content (AvgIpc) is 2.71. The van der Waals surface area contributed by atoms with Crippen molar-refractivity contribution < 1.29 is 14.3 Å². The monoisotopic (exact) mass is 424 g/mol. The van der Waals surface area contributed by atoms with Gasteiger partial charge in [0.2, 0.25) is 0 Å². The van der Waals surface area contributed by atoms with Gasteiger partial charge >= 0.3 is 5.97 Å². The Morgan fingerprint density at radius 1 is 1.17 bits per heavy atom. The lowest BCUT2D eigenvalue weighted by atomic mass is 9.98. The van der Waals surface area contributed by atoms with Crippen molar-refractivity contribution in [2.24, 2.45) is 0 Å². The number of benzene rings is 2. The van der Waals surface area contributed by atoms with Gasteiger partial charge < -0.3 is 10.1 Å². The first-order valence-electron chi connectivity index (χ1n) is 10.0. The number of hydrogen-bond donors (Lipinski definition) is 1.